The number of carbonyl (C=O) groups is 1. The molecule has 0 aliphatic heterocycles. The van der Waals surface area contributed by atoms with Gasteiger partial charge in [0.05, 0.1) is 34.0 Å². The van der Waals surface area contributed by atoms with Crippen molar-refractivity contribution in [2.24, 2.45) is 0 Å². The molecule has 0 radical (unpaired) electrons. The zero-order chi connectivity index (χ0) is 37.7. The molecule has 0 spiro atoms. The van der Waals surface area contributed by atoms with Gasteiger partial charge in [-0.3, -0.25) is 9.36 Å². The second-order valence-corrected chi connectivity index (χ2v) is 16.8. The number of quaternary nitrogens is 1. The number of unbranched alkanes of at least 4 members (excludes halogenated alkanes) is 23. The highest BCUT2D eigenvalue weighted by Crippen LogP contribution is 2.38. The molecular formula is C42H82NO7P. The molecule has 0 saturated heterocycles. The van der Waals surface area contributed by atoms with Crippen LogP contribution in [0.3, 0.4) is 0 Å². The van der Waals surface area contributed by atoms with Crippen LogP contribution in [-0.2, 0) is 27.9 Å². The number of allylic oxidation sites excluding steroid dienone is 3. The third kappa shape index (κ3) is 39.9. The van der Waals surface area contributed by atoms with Crippen LogP contribution in [0.25, 0.3) is 0 Å². The number of rotatable bonds is 39. The van der Waals surface area contributed by atoms with Crippen LogP contribution in [0.4, 0.5) is 0 Å². The van der Waals surface area contributed by atoms with Crippen molar-refractivity contribution in [3.05, 3.63) is 24.5 Å². The van der Waals surface area contributed by atoms with Crippen molar-refractivity contribution in [2.75, 3.05) is 47.5 Å². The number of nitrogens with zero attached hydrogens (tertiary/aromatic N) is 1. The Hall–Kier alpha value is -1.18. The average molecular weight is 744 g/mol. The zero-order valence-corrected chi connectivity index (χ0v) is 35.0. The van der Waals surface area contributed by atoms with Gasteiger partial charge in [0.2, 0.25) is 0 Å². The van der Waals surface area contributed by atoms with E-state index < -0.39 is 13.9 Å². The monoisotopic (exact) mass is 744 g/mol. The fourth-order valence-corrected chi connectivity index (χ4v) is 6.47. The Kier molecular flexibility index (Phi) is 35.0. The van der Waals surface area contributed by atoms with Gasteiger partial charge in [-0.2, -0.15) is 0 Å². The van der Waals surface area contributed by atoms with Crippen molar-refractivity contribution in [1.82, 2.24) is 0 Å². The zero-order valence-electron chi connectivity index (χ0n) is 34.1. The summed E-state index contributed by atoms with van der Waals surface area (Å²) in [6.45, 7) is 4.72. The fraction of sp³-hybridized carbons (Fsp3) is 0.881. The molecule has 0 aromatic rings. The number of ether oxygens (including phenoxy) is 2. The van der Waals surface area contributed by atoms with Crippen LogP contribution in [-0.4, -0.2) is 64.1 Å². The van der Waals surface area contributed by atoms with Crippen molar-refractivity contribution in [2.45, 2.75) is 193 Å². The maximum Gasteiger partial charge on any atom is 0.306 e. The summed E-state index contributed by atoms with van der Waals surface area (Å²) in [6, 6.07) is 0. The topological polar surface area (TPSA) is 94.1 Å². The minimum atomic E-state index is -4.54. The number of carbonyl (C=O) groups excluding carboxylic acids is 1. The number of hydrogen-bond acceptors (Lipinski definition) is 7. The standard InChI is InChI=1S/C42H82NO7P/c1-6-8-10-12-14-16-18-20-22-23-25-27-29-31-33-35-42(44)50-41(40-49-51(45,46)48-38-36-43(3,4)5)39-47-37-34-32-30-28-26-24-21-19-17-15-13-11-9-7-2/h23,25,34,37,41H,6-22,24,26-33,35-36,38-40H2,1-5H3/b25-23+,37-34+/t41-/m1/s1. The van der Waals surface area contributed by atoms with Gasteiger partial charge in [0.1, 0.15) is 19.8 Å². The summed E-state index contributed by atoms with van der Waals surface area (Å²) >= 11 is 0. The summed E-state index contributed by atoms with van der Waals surface area (Å²) < 4.78 is 34.3. The van der Waals surface area contributed by atoms with E-state index in [4.69, 9.17) is 18.5 Å². The lowest BCUT2D eigenvalue weighted by Gasteiger charge is -2.28. The van der Waals surface area contributed by atoms with Crippen LogP contribution in [0, 0.1) is 0 Å². The summed E-state index contributed by atoms with van der Waals surface area (Å²) in [4.78, 5) is 25.0. The average Bonchev–Trinajstić information content (AvgIpc) is 3.08. The van der Waals surface area contributed by atoms with Gasteiger partial charge in [-0.25, -0.2) is 0 Å². The van der Waals surface area contributed by atoms with Crippen LogP contribution < -0.4 is 4.89 Å². The second-order valence-electron chi connectivity index (χ2n) is 15.4. The normalized spacial score (nSPS) is 14.0. The van der Waals surface area contributed by atoms with E-state index in [1.807, 2.05) is 27.2 Å². The molecule has 9 heteroatoms. The third-order valence-electron chi connectivity index (χ3n) is 9.07. The Labute approximate surface area is 315 Å². The lowest BCUT2D eigenvalue weighted by atomic mass is 10.0. The van der Waals surface area contributed by atoms with Gasteiger partial charge in [-0.15, -0.1) is 0 Å². The number of likely N-dealkylation sites (N-methyl/N-ethyl adjacent to an activating group) is 1. The number of hydrogen-bond donors (Lipinski definition) is 0. The van der Waals surface area contributed by atoms with E-state index in [0.717, 1.165) is 44.9 Å². The number of phosphoric acid groups is 1. The first-order valence-electron chi connectivity index (χ1n) is 21.1. The van der Waals surface area contributed by atoms with E-state index in [1.54, 1.807) is 6.26 Å². The Balaban J connectivity index is 4.33. The highest BCUT2D eigenvalue weighted by Gasteiger charge is 2.20. The quantitative estimate of drug-likeness (QED) is 0.0154. The molecule has 2 atom stereocenters. The van der Waals surface area contributed by atoms with Gasteiger partial charge >= 0.3 is 5.97 Å². The minimum Gasteiger partial charge on any atom is -0.756 e. The van der Waals surface area contributed by atoms with Gasteiger partial charge in [-0.1, -0.05) is 148 Å². The fourth-order valence-electron chi connectivity index (χ4n) is 5.74. The predicted octanol–water partition coefficient (Wildman–Crippen LogP) is 11.8. The summed E-state index contributed by atoms with van der Waals surface area (Å²) in [5.74, 6) is -0.371. The van der Waals surface area contributed by atoms with Crippen LogP contribution in [0.15, 0.2) is 24.5 Å². The first-order valence-corrected chi connectivity index (χ1v) is 22.6. The number of phosphoric ester groups is 1. The summed E-state index contributed by atoms with van der Waals surface area (Å²) in [6.07, 6.45) is 39.9. The molecule has 51 heavy (non-hydrogen) atoms. The van der Waals surface area contributed by atoms with Gasteiger partial charge in [0, 0.05) is 6.42 Å². The molecule has 1 unspecified atom stereocenters. The van der Waals surface area contributed by atoms with Crippen molar-refractivity contribution < 1.29 is 37.3 Å². The van der Waals surface area contributed by atoms with E-state index >= 15 is 0 Å². The highest BCUT2D eigenvalue weighted by molar-refractivity contribution is 7.45. The van der Waals surface area contributed by atoms with Crippen LogP contribution in [0.2, 0.25) is 0 Å². The summed E-state index contributed by atoms with van der Waals surface area (Å²) in [5, 5.41) is 0. The molecular weight excluding hydrogens is 661 g/mol. The van der Waals surface area contributed by atoms with E-state index in [0.29, 0.717) is 11.0 Å². The van der Waals surface area contributed by atoms with E-state index in [9.17, 15) is 14.3 Å². The molecule has 0 amide bonds. The number of esters is 1. The van der Waals surface area contributed by atoms with Crippen molar-refractivity contribution >= 4 is 13.8 Å². The Morgan fingerprint density at radius 2 is 1.04 bits per heavy atom. The molecule has 0 aliphatic rings. The highest BCUT2D eigenvalue weighted by atomic mass is 31.2. The SMILES string of the molecule is CCCCCCCCCC/C=C/CCCCCC(=O)O[C@H](CO/C=C/CCCCCCCCCCCCCC)COP(=O)([O-])OCC[N+](C)(C)C. The van der Waals surface area contributed by atoms with Crippen LogP contribution in [0.5, 0.6) is 0 Å². The first-order chi connectivity index (χ1) is 24.6. The molecule has 0 N–H and O–H groups in total. The van der Waals surface area contributed by atoms with E-state index in [1.165, 1.54) is 122 Å². The van der Waals surface area contributed by atoms with Crippen LogP contribution in [0.1, 0.15) is 187 Å². The molecule has 0 bridgehead atoms. The molecule has 302 valence electrons. The smallest absolute Gasteiger partial charge is 0.306 e. The predicted molar refractivity (Wildman–Crippen MR) is 213 cm³/mol. The molecule has 0 aromatic heterocycles. The van der Waals surface area contributed by atoms with Crippen molar-refractivity contribution in [3.63, 3.8) is 0 Å². The molecule has 0 fully saturated rings. The second kappa shape index (κ2) is 35.8. The van der Waals surface area contributed by atoms with Gasteiger partial charge in [0.25, 0.3) is 7.82 Å². The van der Waals surface area contributed by atoms with Gasteiger partial charge < -0.3 is 27.9 Å². The largest absolute Gasteiger partial charge is 0.756 e. The Morgan fingerprint density at radius 1 is 0.608 bits per heavy atom. The van der Waals surface area contributed by atoms with E-state index in [-0.39, 0.29) is 32.2 Å². The summed E-state index contributed by atoms with van der Waals surface area (Å²) in [7, 11) is 1.32. The Morgan fingerprint density at radius 3 is 1.51 bits per heavy atom. The molecule has 0 heterocycles. The molecule has 8 nitrogen and oxygen atoms in total. The van der Waals surface area contributed by atoms with Crippen molar-refractivity contribution in [3.8, 4) is 0 Å². The van der Waals surface area contributed by atoms with Gasteiger partial charge in [-0.05, 0) is 51.0 Å². The maximum atomic E-state index is 12.6. The lowest BCUT2D eigenvalue weighted by molar-refractivity contribution is -0.870. The van der Waals surface area contributed by atoms with Crippen molar-refractivity contribution in [1.29, 1.82) is 0 Å². The van der Waals surface area contributed by atoms with Gasteiger partial charge in [0.15, 0.2) is 6.10 Å². The maximum absolute atomic E-state index is 12.6. The minimum absolute atomic E-state index is 0.0154. The van der Waals surface area contributed by atoms with Crippen LogP contribution >= 0.6 is 7.82 Å². The Bertz CT molecular complexity index is 874. The summed E-state index contributed by atoms with van der Waals surface area (Å²) in [5.41, 5.74) is 0. The first kappa shape index (κ1) is 49.8. The molecule has 0 rings (SSSR count). The lowest BCUT2D eigenvalue weighted by Crippen LogP contribution is -2.37. The molecule has 0 aromatic carbocycles. The third-order valence-corrected chi connectivity index (χ3v) is 10.0. The molecule has 0 saturated carbocycles. The molecule has 0 aliphatic carbocycles. The van der Waals surface area contributed by atoms with E-state index in [2.05, 4.69) is 26.0 Å².